The molecule has 0 unspecified atom stereocenters. The molecule has 1 aromatic rings. The van der Waals surface area contributed by atoms with Crippen LogP contribution in [0.4, 0.5) is 0 Å². The Morgan fingerprint density at radius 3 is 2.30 bits per heavy atom. The van der Waals surface area contributed by atoms with Gasteiger partial charge >= 0.3 is 0 Å². The van der Waals surface area contributed by atoms with E-state index in [1.54, 1.807) is 0 Å². The highest BCUT2D eigenvalue weighted by atomic mass is 35.5. The van der Waals surface area contributed by atoms with Gasteiger partial charge in [0.15, 0.2) is 0 Å². The predicted molar refractivity (Wildman–Crippen MR) is 79.2 cm³/mol. The van der Waals surface area contributed by atoms with Crippen LogP contribution < -0.4 is 9.47 Å². The Hall–Kier alpha value is -0.930. The Labute approximate surface area is 124 Å². The van der Waals surface area contributed by atoms with Crippen LogP contribution in [0.25, 0.3) is 0 Å². The largest absolute Gasteiger partial charge is 0.493 e. The molecule has 4 heteroatoms. The molecule has 0 aliphatic carbocycles. The molecule has 0 saturated carbocycles. The molecule has 0 radical (unpaired) electrons. The topological polar surface area (TPSA) is 38.7 Å². The summed E-state index contributed by atoms with van der Waals surface area (Å²) in [5.41, 5.74) is 2.92. The zero-order valence-electron chi connectivity index (χ0n) is 12.1. The van der Waals surface area contributed by atoms with Gasteiger partial charge in [-0.1, -0.05) is 25.4 Å². The molecule has 0 aromatic heterocycles. The van der Waals surface area contributed by atoms with Crippen LogP contribution >= 0.6 is 11.6 Å². The molecule has 0 bridgehead atoms. The average molecular weight is 297 g/mol. The first-order chi connectivity index (χ1) is 9.56. The molecular formula is C16H21ClO3. The average Bonchev–Trinajstić information content (AvgIpc) is 2.47. The van der Waals surface area contributed by atoms with Crippen LogP contribution in [0, 0.1) is 0 Å². The molecule has 0 fully saturated rings. The summed E-state index contributed by atoms with van der Waals surface area (Å²) in [6, 6.07) is 0. The number of hydrogen-bond acceptors (Lipinski definition) is 3. The first-order valence-electron chi connectivity index (χ1n) is 7.30. The number of fused-ring (bicyclic) bond motifs is 2. The lowest BCUT2D eigenvalue weighted by molar-refractivity contribution is 0.204. The zero-order chi connectivity index (χ0) is 14.3. The summed E-state index contributed by atoms with van der Waals surface area (Å²) < 4.78 is 11.8. The van der Waals surface area contributed by atoms with E-state index in [0.717, 1.165) is 60.5 Å². The summed E-state index contributed by atoms with van der Waals surface area (Å²) in [6.07, 6.45) is 3.81. The number of aliphatic hydroxyl groups excluding tert-OH is 1. The van der Waals surface area contributed by atoms with Crippen molar-refractivity contribution >= 4 is 11.6 Å². The SMILES string of the molecule is CC(C)(CO)c1c2c(c(Cl)c3c1OCCC3)OCCC2. The number of hydrogen-bond donors (Lipinski definition) is 1. The van der Waals surface area contributed by atoms with E-state index in [4.69, 9.17) is 21.1 Å². The van der Waals surface area contributed by atoms with E-state index in [1.165, 1.54) is 0 Å². The molecule has 3 nitrogen and oxygen atoms in total. The molecule has 0 amide bonds. The van der Waals surface area contributed by atoms with E-state index in [0.29, 0.717) is 11.6 Å². The molecule has 0 spiro atoms. The van der Waals surface area contributed by atoms with Gasteiger partial charge in [-0.3, -0.25) is 0 Å². The molecule has 2 aliphatic heterocycles. The minimum atomic E-state index is -0.350. The van der Waals surface area contributed by atoms with Crippen molar-refractivity contribution in [3.63, 3.8) is 0 Å². The summed E-state index contributed by atoms with van der Waals surface area (Å²) in [4.78, 5) is 0. The Morgan fingerprint density at radius 2 is 1.65 bits per heavy atom. The second kappa shape index (κ2) is 5.12. The van der Waals surface area contributed by atoms with Crippen LogP contribution in [0.3, 0.4) is 0 Å². The summed E-state index contributed by atoms with van der Waals surface area (Å²) in [7, 11) is 0. The lowest BCUT2D eigenvalue weighted by atomic mass is 9.78. The van der Waals surface area contributed by atoms with Crippen LogP contribution in [0.1, 0.15) is 43.4 Å². The minimum Gasteiger partial charge on any atom is -0.493 e. The summed E-state index contributed by atoms with van der Waals surface area (Å²) in [5.74, 6) is 1.71. The normalized spacial score (nSPS) is 17.8. The van der Waals surface area contributed by atoms with Gasteiger partial charge in [0.05, 0.1) is 24.8 Å². The summed E-state index contributed by atoms with van der Waals surface area (Å²) in [5, 5.41) is 10.5. The lowest BCUT2D eigenvalue weighted by Gasteiger charge is -2.35. The van der Waals surface area contributed by atoms with Gasteiger partial charge in [-0.25, -0.2) is 0 Å². The summed E-state index contributed by atoms with van der Waals surface area (Å²) >= 11 is 6.54. The molecule has 1 N–H and O–H groups in total. The van der Waals surface area contributed by atoms with Crippen molar-refractivity contribution in [2.75, 3.05) is 19.8 Å². The quantitative estimate of drug-likeness (QED) is 0.910. The third kappa shape index (κ3) is 2.08. The minimum absolute atomic E-state index is 0.0802. The second-order valence-corrected chi connectivity index (χ2v) is 6.63. The van der Waals surface area contributed by atoms with Gasteiger partial charge < -0.3 is 14.6 Å². The molecule has 0 atom stereocenters. The highest BCUT2D eigenvalue weighted by Gasteiger charge is 2.35. The van der Waals surface area contributed by atoms with Gasteiger partial charge in [0.1, 0.15) is 11.5 Å². The van der Waals surface area contributed by atoms with E-state index in [9.17, 15) is 5.11 Å². The number of aliphatic hydroxyl groups is 1. The standard InChI is InChI=1S/C16H21ClO3/c1-16(2,9-18)12-10-5-3-8-20-15(10)13(17)11-6-4-7-19-14(11)12/h18H,3-9H2,1-2H3. The van der Waals surface area contributed by atoms with Crippen LogP contribution in [0.5, 0.6) is 11.5 Å². The number of benzene rings is 1. The van der Waals surface area contributed by atoms with Gasteiger partial charge in [-0.05, 0) is 25.7 Å². The van der Waals surface area contributed by atoms with Crippen LogP contribution in [0.15, 0.2) is 0 Å². The number of ether oxygens (including phenoxy) is 2. The smallest absolute Gasteiger partial charge is 0.141 e. The van der Waals surface area contributed by atoms with Crippen LogP contribution in [-0.4, -0.2) is 24.9 Å². The predicted octanol–water partition coefficient (Wildman–Crippen LogP) is 3.26. The third-order valence-electron chi connectivity index (χ3n) is 4.25. The first-order valence-corrected chi connectivity index (χ1v) is 7.68. The van der Waals surface area contributed by atoms with E-state index < -0.39 is 0 Å². The maximum atomic E-state index is 9.79. The third-order valence-corrected chi connectivity index (χ3v) is 4.65. The molecular weight excluding hydrogens is 276 g/mol. The molecule has 2 aliphatic rings. The van der Waals surface area contributed by atoms with Crippen molar-refractivity contribution < 1.29 is 14.6 Å². The fraction of sp³-hybridized carbons (Fsp3) is 0.625. The Kier molecular flexibility index (Phi) is 3.59. The Bertz CT molecular complexity index is 500. The van der Waals surface area contributed by atoms with Crippen LogP contribution in [0.2, 0.25) is 5.02 Å². The highest BCUT2D eigenvalue weighted by molar-refractivity contribution is 6.33. The van der Waals surface area contributed by atoms with Crippen LogP contribution in [-0.2, 0) is 18.3 Å². The van der Waals surface area contributed by atoms with Gasteiger partial charge in [0.2, 0.25) is 0 Å². The van der Waals surface area contributed by atoms with Gasteiger partial charge in [-0.2, -0.15) is 0 Å². The fourth-order valence-electron chi connectivity index (χ4n) is 3.18. The molecule has 0 saturated heterocycles. The van der Waals surface area contributed by atoms with Gasteiger partial charge in [-0.15, -0.1) is 0 Å². The molecule has 1 aromatic carbocycles. The zero-order valence-corrected chi connectivity index (χ0v) is 12.8. The van der Waals surface area contributed by atoms with Gasteiger partial charge in [0, 0.05) is 22.1 Å². The van der Waals surface area contributed by atoms with Crippen molar-refractivity contribution in [3.05, 3.63) is 21.7 Å². The molecule has 2 heterocycles. The maximum absolute atomic E-state index is 9.79. The highest BCUT2D eigenvalue weighted by Crippen LogP contribution is 2.49. The van der Waals surface area contributed by atoms with E-state index in [2.05, 4.69) is 0 Å². The first kappa shape index (κ1) is 14.0. The summed E-state index contributed by atoms with van der Waals surface area (Å²) in [6.45, 7) is 5.60. The van der Waals surface area contributed by atoms with Crippen molar-refractivity contribution in [1.82, 2.24) is 0 Å². The number of rotatable bonds is 2. The fourth-order valence-corrected chi connectivity index (χ4v) is 3.53. The number of halogens is 1. The Morgan fingerprint density at radius 1 is 1.05 bits per heavy atom. The maximum Gasteiger partial charge on any atom is 0.141 e. The second-order valence-electron chi connectivity index (χ2n) is 6.25. The monoisotopic (exact) mass is 296 g/mol. The molecule has 3 rings (SSSR count). The van der Waals surface area contributed by atoms with Crippen molar-refractivity contribution in [3.8, 4) is 11.5 Å². The van der Waals surface area contributed by atoms with Crippen molar-refractivity contribution in [1.29, 1.82) is 0 Å². The van der Waals surface area contributed by atoms with Crippen molar-refractivity contribution in [2.45, 2.75) is 44.9 Å². The van der Waals surface area contributed by atoms with Crippen molar-refractivity contribution in [2.24, 2.45) is 0 Å². The van der Waals surface area contributed by atoms with Gasteiger partial charge in [0.25, 0.3) is 0 Å². The van der Waals surface area contributed by atoms with E-state index >= 15 is 0 Å². The lowest BCUT2D eigenvalue weighted by Crippen LogP contribution is -2.28. The Balaban J connectivity index is 2.30. The molecule has 110 valence electrons. The molecule has 20 heavy (non-hydrogen) atoms. The van der Waals surface area contributed by atoms with E-state index in [1.807, 2.05) is 13.8 Å². The van der Waals surface area contributed by atoms with E-state index in [-0.39, 0.29) is 12.0 Å².